The van der Waals surface area contributed by atoms with Crippen LogP contribution in [-0.4, -0.2) is 50.9 Å². The quantitative estimate of drug-likeness (QED) is 0.411. The molecule has 1 aromatic carbocycles. The second-order valence-corrected chi connectivity index (χ2v) is 7.71. The molecule has 0 aliphatic rings. The lowest BCUT2D eigenvalue weighted by molar-refractivity contribution is -0.122. The molecule has 30 heavy (non-hydrogen) atoms. The molecule has 0 aliphatic heterocycles. The molecule has 2 atom stereocenters. The number of carbonyl (C=O) groups is 2. The lowest BCUT2D eigenvalue weighted by Crippen LogP contribution is -2.49. The summed E-state index contributed by atoms with van der Waals surface area (Å²) in [6, 6.07) is 9.02. The Morgan fingerprint density at radius 3 is 2.40 bits per heavy atom. The number of hydrogen-bond acceptors (Lipinski definition) is 6. The molecule has 0 bridgehead atoms. The molecular weight excluding hydrogens is 383 g/mol. The minimum Gasteiger partial charge on any atom is -0.426 e. The average molecular weight is 412 g/mol. The first-order valence-corrected chi connectivity index (χ1v) is 10.1. The zero-order chi connectivity index (χ0) is 21.9. The van der Waals surface area contributed by atoms with E-state index in [2.05, 4.69) is 20.6 Å². The third-order valence-electron chi connectivity index (χ3n) is 4.65. The normalized spacial score (nSPS) is 12.8. The molecule has 0 unspecified atom stereocenters. The van der Waals surface area contributed by atoms with Crippen molar-refractivity contribution >= 4 is 18.9 Å². The van der Waals surface area contributed by atoms with Crippen LogP contribution in [0.15, 0.2) is 48.9 Å². The van der Waals surface area contributed by atoms with E-state index < -0.39 is 25.0 Å². The summed E-state index contributed by atoms with van der Waals surface area (Å²) in [5.74, 6) is -1.17. The van der Waals surface area contributed by atoms with Crippen LogP contribution in [0, 0.1) is 5.92 Å². The topological polar surface area (TPSA) is 124 Å². The summed E-state index contributed by atoms with van der Waals surface area (Å²) < 4.78 is 0. The van der Waals surface area contributed by atoms with E-state index in [0.717, 1.165) is 12.0 Å². The second kappa shape index (κ2) is 12.0. The van der Waals surface area contributed by atoms with Crippen LogP contribution in [0.2, 0.25) is 0 Å². The summed E-state index contributed by atoms with van der Waals surface area (Å²) in [6.45, 7) is 4.06. The molecule has 1 heterocycles. The van der Waals surface area contributed by atoms with Crippen LogP contribution >= 0.6 is 0 Å². The predicted molar refractivity (Wildman–Crippen MR) is 114 cm³/mol. The minimum atomic E-state index is -1.64. The highest BCUT2D eigenvalue weighted by Crippen LogP contribution is 2.10. The van der Waals surface area contributed by atoms with Crippen LogP contribution in [-0.2, 0) is 11.2 Å². The van der Waals surface area contributed by atoms with Crippen molar-refractivity contribution < 1.29 is 19.6 Å². The highest BCUT2D eigenvalue weighted by Gasteiger charge is 2.27. The van der Waals surface area contributed by atoms with Gasteiger partial charge in [-0.2, -0.15) is 0 Å². The van der Waals surface area contributed by atoms with Gasteiger partial charge in [0.25, 0.3) is 5.91 Å². The molecule has 2 aromatic rings. The van der Waals surface area contributed by atoms with Crippen molar-refractivity contribution in [2.75, 3.05) is 0 Å². The average Bonchev–Trinajstić information content (AvgIpc) is 2.72. The van der Waals surface area contributed by atoms with E-state index in [-0.39, 0.29) is 18.0 Å². The Morgan fingerprint density at radius 1 is 1.07 bits per heavy atom. The minimum absolute atomic E-state index is 0.00814. The number of carbonyl (C=O) groups excluding carboxylic acids is 2. The van der Waals surface area contributed by atoms with Crippen molar-refractivity contribution in [2.45, 2.75) is 51.5 Å². The molecule has 2 rings (SSSR count). The number of rotatable bonds is 11. The van der Waals surface area contributed by atoms with Crippen LogP contribution < -0.4 is 10.6 Å². The summed E-state index contributed by atoms with van der Waals surface area (Å²) >= 11 is 0. The molecule has 2 amide bonds. The molecule has 0 saturated carbocycles. The Hall–Kier alpha value is -2.78. The van der Waals surface area contributed by atoms with Gasteiger partial charge < -0.3 is 20.7 Å². The third-order valence-corrected chi connectivity index (χ3v) is 4.65. The van der Waals surface area contributed by atoms with Gasteiger partial charge in [-0.1, -0.05) is 44.2 Å². The van der Waals surface area contributed by atoms with Gasteiger partial charge in [-0.3, -0.25) is 14.6 Å². The zero-order valence-electron chi connectivity index (χ0n) is 17.4. The van der Waals surface area contributed by atoms with Gasteiger partial charge in [-0.25, -0.2) is 4.98 Å². The van der Waals surface area contributed by atoms with Crippen LogP contribution in [0.25, 0.3) is 0 Å². The number of amides is 2. The number of hydrogen-bond donors (Lipinski definition) is 4. The molecule has 0 saturated heterocycles. The molecule has 0 spiro atoms. The second-order valence-electron chi connectivity index (χ2n) is 7.71. The maximum absolute atomic E-state index is 12.6. The number of benzene rings is 1. The molecule has 1 aromatic heterocycles. The fourth-order valence-corrected chi connectivity index (χ4v) is 3.05. The van der Waals surface area contributed by atoms with E-state index in [1.807, 2.05) is 44.2 Å². The van der Waals surface area contributed by atoms with Crippen molar-refractivity contribution in [1.29, 1.82) is 0 Å². The van der Waals surface area contributed by atoms with E-state index in [4.69, 9.17) is 0 Å². The Labute approximate surface area is 177 Å². The van der Waals surface area contributed by atoms with E-state index in [1.54, 1.807) is 0 Å². The molecule has 8 nitrogen and oxygen atoms in total. The first kappa shape index (κ1) is 23.5. The van der Waals surface area contributed by atoms with E-state index >= 15 is 0 Å². The lowest BCUT2D eigenvalue weighted by Gasteiger charge is -2.22. The van der Waals surface area contributed by atoms with Gasteiger partial charge in [-0.15, -0.1) is 0 Å². The fraction of sp³-hybridized carbons (Fsp3) is 0.429. The molecule has 4 N–H and O–H groups in total. The van der Waals surface area contributed by atoms with Gasteiger partial charge in [0.2, 0.25) is 5.91 Å². The van der Waals surface area contributed by atoms with Crippen LogP contribution in [0.1, 0.15) is 49.2 Å². The first-order valence-electron chi connectivity index (χ1n) is 10.1. The zero-order valence-corrected chi connectivity index (χ0v) is 17.4. The highest BCUT2D eigenvalue weighted by molar-refractivity contribution is 6.43. The summed E-state index contributed by atoms with van der Waals surface area (Å²) in [7, 11) is -1.64. The summed E-state index contributed by atoms with van der Waals surface area (Å²) in [5.41, 5.74) is 1.13. The van der Waals surface area contributed by atoms with Crippen molar-refractivity contribution in [3.63, 3.8) is 0 Å². The van der Waals surface area contributed by atoms with Crippen molar-refractivity contribution in [2.24, 2.45) is 5.92 Å². The van der Waals surface area contributed by atoms with Gasteiger partial charge in [-0.05, 0) is 30.7 Å². The molecule has 0 aliphatic carbocycles. The Kier molecular flexibility index (Phi) is 9.43. The molecule has 0 fully saturated rings. The fourth-order valence-electron chi connectivity index (χ4n) is 3.05. The molecule has 0 radical (unpaired) electrons. The maximum atomic E-state index is 12.6. The van der Waals surface area contributed by atoms with Crippen molar-refractivity contribution in [1.82, 2.24) is 20.6 Å². The van der Waals surface area contributed by atoms with Gasteiger partial charge >= 0.3 is 7.12 Å². The number of nitrogens with zero attached hydrogens (tertiary/aromatic N) is 2. The van der Waals surface area contributed by atoms with Gasteiger partial charge in [0.1, 0.15) is 5.69 Å². The molecular formula is C21H29BN4O4. The van der Waals surface area contributed by atoms with Crippen LogP contribution in [0.5, 0.6) is 0 Å². The SMILES string of the molecule is CC(C)CC[C@H](NC(=O)C[C@H](Cc1ccccc1)NC(=O)c1cnccn1)B(O)O. The van der Waals surface area contributed by atoms with Crippen molar-refractivity contribution in [3.05, 3.63) is 60.2 Å². The molecule has 9 heteroatoms. The lowest BCUT2D eigenvalue weighted by atomic mass is 9.75. The van der Waals surface area contributed by atoms with Gasteiger partial charge in [0.15, 0.2) is 0 Å². The third kappa shape index (κ3) is 8.30. The van der Waals surface area contributed by atoms with Gasteiger partial charge in [0, 0.05) is 24.9 Å². The van der Waals surface area contributed by atoms with Gasteiger partial charge in [0.05, 0.1) is 12.1 Å². The Balaban J connectivity index is 2.05. The first-order chi connectivity index (χ1) is 14.3. The van der Waals surface area contributed by atoms with E-state index in [0.29, 0.717) is 18.8 Å². The standard InChI is InChI=1S/C21H29BN4O4/c1-15(2)8-9-19(22(29)30)26-20(27)13-17(12-16-6-4-3-5-7-16)25-21(28)18-14-23-10-11-24-18/h3-7,10-11,14-15,17,19,29-30H,8-9,12-13H2,1-2H3,(H,25,28)(H,26,27)/t17-,19-/m0/s1. The monoisotopic (exact) mass is 412 g/mol. The van der Waals surface area contributed by atoms with E-state index in [1.165, 1.54) is 18.6 Å². The van der Waals surface area contributed by atoms with E-state index in [9.17, 15) is 19.6 Å². The predicted octanol–water partition coefficient (Wildman–Crippen LogP) is 1.14. The summed E-state index contributed by atoms with van der Waals surface area (Å²) in [5, 5.41) is 24.7. The van der Waals surface area contributed by atoms with Crippen molar-refractivity contribution in [3.8, 4) is 0 Å². The largest absolute Gasteiger partial charge is 0.475 e. The van der Waals surface area contributed by atoms with Crippen LogP contribution in [0.3, 0.4) is 0 Å². The number of nitrogens with one attached hydrogen (secondary N) is 2. The number of aromatic nitrogens is 2. The Morgan fingerprint density at radius 2 is 1.80 bits per heavy atom. The molecule has 160 valence electrons. The summed E-state index contributed by atoms with van der Waals surface area (Å²) in [6.07, 6.45) is 5.90. The highest BCUT2D eigenvalue weighted by atomic mass is 16.4. The van der Waals surface area contributed by atoms with Crippen LogP contribution in [0.4, 0.5) is 0 Å². The Bertz CT molecular complexity index is 790. The smallest absolute Gasteiger partial charge is 0.426 e. The maximum Gasteiger partial charge on any atom is 0.475 e. The summed E-state index contributed by atoms with van der Waals surface area (Å²) in [4.78, 5) is 33.0.